The average Bonchev–Trinajstić information content (AvgIpc) is 2.74. The van der Waals surface area contributed by atoms with Gasteiger partial charge in [-0.15, -0.1) is 0 Å². The summed E-state index contributed by atoms with van der Waals surface area (Å²) in [6, 6.07) is 18.3. The van der Waals surface area contributed by atoms with Crippen LogP contribution in [-0.2, 0) is 10.2 Å². The molecule has 1 N–H and O–H groups in total. The minimum atomic E-state index is 0.0189. The van der Waals surface area contributed by atoms with Gasteiger partial charge in [0.25, 0.3) is 0 Å². The first kappa shape index (κ1) is 21.1. The van der Waals surface area contributed by atoms with Gasteiger partial charge in [0.2, 0.25) is 5.91 Å². The van der Waals surface area contributed by atoms with Gasteiger partial charge in [0.1, 0.15) is 6.29 Å². The van der Waals surface area contributed by atoms with Crippen molar-refractivity contribution in [1.29, 1.82) is 0 Å². The Morgan fingerprint density at radius 2 is 1.72 bits per heavy atom. The quantitative estimate of drug-likeness (QED) is 0.701. The molecule has 0 saturated carbocycles. The van der Waals surface area contributed by atoms with Gasteiger partial charge in [0, 0.05) is 36.3 Å². The normalized spacial score (nSPS) is 16.3. The van der Waals surface area contributed by atoms with Crippen LogP contribution in [0.1, 0.15) is 56.0 Å². The Morgan fingerprint density at radius 1 is 1.10 bits per heavy atom. The van der Waals surface area contributed by atoms with Crippen LogP contribution in [0.3, 0.4) is 0 Å². The number of carbonyl (C=O) groups excluding carboxylic acids is 2. The second kappa shape index (κ2) is 9.25. The van der Waals surface area contributed by atoms with Crippen molar-refractivity contribution in [2.75, 3.05) is 18.0 Å². The minimum Gasteiger partial charge on any atom is -0.371 e. The van der Waals surface area contributed by atoms with E-state index < -0.39 is 0 Å². The summed E-state index contributed by atoms with van der Waals surface area (Å²) in [5.74, 6) is 0.250. The van der Waals surface area contributed by atoms with Gasteiger partial charge in [-0.3, -0.25) is 9.59 Å². The maximum Gasteiger partial charge on any atom is 0.223 e. The lowest BCUT2D eigenvalue weighted by Gasteiger charge is -2.34. The molecule has 0 aliphatic carbocycles. The van der Waals surface area contributed by atoms with Crippen molar-refractivity contribution in [3.63, 3.8) is 0 Å². The maximum absolute atomic E-state index is 12.8. The predicted octanol–water partition coefficient (Wildman–Crippen LogP) is 4.59. The Labute approximate surface area is 174 Å². The molecule has 0 bridgehead atoms. The van der Waals surface area contributed by atoms with Gasteiger partial charge in [-0.1, -0.05) is 44.2 Å². The smallest absolute Gasteiger partial charge is 0.223 e. The summed E-state index contributed by atoms with van der Waals surface area (Å²) in [4.78, 5) is 25.9. The number of anilines is 1. The fourth-order valence-electron chi connectivity index (χ4n) is 4.35. The molecule has 0 aromatic heterocycles. The lowest BCUT2D eigenvalue weighted by molar-refractivity contribution is -0.126. The SMILES string of the molecule is C[C@@H](CC(C)(C)c1ccccc1)NC(=O)C1CCN(c2ccc(C=O)cc2)CC1. The Kier molecular flexibility index (Phi) is 6.73. The van der Waals surface area contributed by atoms with E-state index in [9.17, 15) is 9.59 Å². The van der Waals surface area contributed by atoms with Crippen LogP contribution in [0.25, 0.3) is 0 Å². The van der Waals surface area contributed by atoms with E-state index in [4.69, 9.17) is 0 Å². The number of carbonyl (C=O) groups is 2. The van der Waals surface area contributed by atoms with Crippen LogP contribution in [0.15, 0.2) is 54.6 Å². The topological polar surface area (TPSA) is 49.4 Å². The second-order valence-corrected chi connectivity index (χ2v) is 8.83. The molecule has 1 atom stereocenters. The molecule has 29 heavy (non-hydrogen) atoms. The summed E-state index contributed by atoms with van der Waals surface area (Å²) in [5.41, 5.74) is 3.13. The molecule has 1 amide bonds. The van der Waals surface area contributed by atoms with E-state index in [-0.39, 0.29) is 23.3 Å². The second-order valence-electron chi connectivity index (χ2n) is 8.83. The van der Waals surface area contributed by atoms with Crippen LogP contribution < -0.4 is 10.2 Å². The number of nitrogens with zero attached hydrogens (tertiary/aromatic N) is 1. The molecule has 1 heterocycles. The maximum atomic E-state index is 12.8. The molecule has 0 unspecified atom stereocenters. The molecule has 1 fully saturated rings. The summed E-state index contributed by atoms with van der Waals surface area (Å²) >= 11 is 0. The van der Waals surface area contributed by atoms with Crippen molar-refractivity contribution in [1.82, 2.24) is 5.32 Å². The molecule has 0 spiro atoms. The Hall–Kier alpha value is -2.62. The number of hydrogen-bond acceptors (Lipinski definition) is 3. The summed E-state index contributed by atoms with van der Waals surface area (Å²) < 4.78 is 0. The number of amides is 1. The van der Waals surface area contributed by atoms with Crippen LogP contribution in [0.5, 0.6) is 0 Å². The lowest BCUT2D eigenvalue weighted by Crippen LogP contribution is -2.44. The molecular formula is C25H32N2O2. The van der Waals surface area contributed by atoms with Gasteiger partial charge in [-0.05, 0) is 61.4 Å². The fourth-order valence-corrected chi connectivity index (χ4v) is 4.35. The van der Waals surface area contributed by atoms with E-state index >= 15 is 0 Å². The molecule has 2 aromatic rings. The highest BCUT2D eigenvalue weighted by atomic mass is 16.2. The minimum absolute atomic E-state index is 0.0189. The van der Waals surface area contributed by atoms with E-state index in [2.05, 4.69) is 55.3 Å². The number of hydrogen-bond donors (Lipinski definition) is 1. The molecule has 0 radical (unpaired) electrons. The van der Waals surface area contributed by atoms with Crippen molar-refractivity contribution in [2.45, 2.75) is 51.5 Å². The van der Waals surface area contributed by atoms with Crippen molar-refractivity contribution in [3.05, 3.63) is 65.7 Å². The fraction of sp³-hybridized carbons (Fsp3) is 0.440. The number of aldehydes is 1. The first-order chi connectivity index (χ1) is 13.9. The number of rotatable bonds is 7. The van der Waals surface area contributed by atoms with Crippen LogP contribution >= 0.6 is 0 Å². The van der Waals surface area contributed by atoms with Gasteiger partial charge in [-0.2, -0.15) is 0 Å². The van der Waals surface area contributed by atoms with Gasteiger partial charge in [-0.25, -0.2) is 0 Å². The number of benzene rings is 2. The average molecular weight is 393 g/mol. The van der Waals surface area contributed by atoms with E-state index in [1.807, 2.05) is 30.3 Å². The molecule has 2 aromatic carbocycles. The number of piperidine rings is 1. The van der Waals surface area contributed by atoms with E-state index in [0.29, 0.717) is 5.56 Å². The van der Waals surface area contributed by atoms with Crippen molar-refractivity contribution < 1.29 is 9.59 Å². The zero-order chi connectivity index (χ0) is 20.9. The highest BCUT2D eigenvalue weighted by molar-refractivity contribution is 5.79. The highest BCUT2D eigenvalue weighted by Crippen LogP contribution is 2.29. The van der Waals surface area contributed by atoms with Gasteiger partial charge in [0.05, 0.1) is 0 Å². The molecule has 4 nitrogen and oxygen atoms in total. The summed E-state index contributed by atoms with van der Waals surface area (Å²) in [5, 5.41) is 3.25. The first-order valence-corrected chi connectivity index (χ1v) is 10.5. The lowest BCUT2D eigenvalue weighted by atomic mass is 9.79. The molecule has 3 rings (SSSR count). The third-order valence-electron chi connectivity index (χ3n) is 6.02. The van der Waals surface area contributed by atoms with E-state index in [1.54, 1.807) is 0 Å². The van der Waals surface area contributed by atoms with Crippen LogP contribution in [-0.4, -0.2) is 31.3 Å². The predicted molar refractivity (Wildman–Crippen MR) is 118 cm³/mol. The highest BCUT2D eigenvalue weighted by Gasteiger charge is 2.28. The molecule has 1 aliphatic rings. The van der Waals surface area contributed by atoms with Crippen LogP contribution in [0.4, 0.5) is 5.69 Å². The van der Waals surface area contributed by atoms with Gasteiger partial charge in [0.15, 0.2) is 0 Å². The third kappa shape index (κ3) is 5.47. The third-order valence-corrected chi connectivity index (χ3v) is 6.02. The van der Waals surface area contributed by atoms with Crippen molar-refractivity contribution in [2.24, 2.45) is 5.92 Å². The van der Waals surface area contributed by atoms with E-state index in [0.717, 1.165) is 44.3 Å². The molecule has 154 valence electrons. The zero-order valence-corrected chi connectivity index (χ0v) is 17.7. The van der Waals surface area contributed by atoms with Gasteiger partial charge < -0.3 is 10.2 Å². The first-order valence-electron chi connectivity index (χ1n) is 10.5. The largest absolute Gasteiger partial charge is 0.371 e. The van der Waals surface area contributed by atoms with E-state index in [1.165, 1.54) is 5.56 Å². The van der Waals surface area contributed by atoms with Gasteiger partial charge >= 0.3 is 0 Å². The van der Waals surface area contributed by atoms with Crippen molar-refractivity contribution >= 4 is 17.9 Å². The Balaban J connectivity index is 1.49. The molecule has 1 saturated heterocycles. The van der Waals surface area contributed by atoms with Crippen molar-refractivity contribution in [3.8, 4) is 0 Å². The summed E-state index contributed by atoms with van der Waals surface area (Å²) in [7, 11) is 0. The Morgan fingerprint density at radius 3 is 2.31 bits per heavy atom. The van der Waals surface area contributed by atoms with Crippen LogP contribution in [0, 0.1) is 5.92 Å². The standard InChI is InChI=1S/C25H32N2O2/c1-19(17-25(2,3)22-7-5-4-6-8-22)26-24(29)21-13-15-27(16-14-21)23-11-9-20(18-28)10-12-23/h4-12,18-19,21H,13-17H2,1-3H3,(H,26,29)/t19-/m0/s1. The molecule has 1 aliphatic heterocycles. The molecular weight excluding hydrogens is 360 g/mol. The molecule has 4 heteroatoms. The summed E-state index contributed by atoms with van der Waals surface area (Å²) in [6.07, 6.45) is 3.48. The van der Waals surface area contributed by atoms with Crippen LogP contribution in [0.2, 0.25) is 0 Å². The monoisotopic (exact) mass is 392 g/mol. The summed E-state index contributed by atoms with van der Waals surface area (Å²) in [6.45, 7) is 8.30. The Bertz CT molecular complexity index is 806. The zero-order valence-electron chi connectivity index (χ0n) is 17.7. The number of nitrogens with one attached hydrogen (secondary N) is 1.